The molecule has 33 heavy (non-hydrogen) atoms. The third-order valence-corrected chi connectivity index (χ3v) is 6.56. The first-order chi connectivity index (χ1) is 15.9. The van der Waals surface area contributed by atoms with Crippen LogP contribution in [0.15, 0.2) is 24.3 Å². The van der Waals surface area contributed by atoms with Crippen LogP contribution in [-0.2, 0) is 11.2 Å². The first-order valence-electron chi connectivity index (χ1n) is 12.0. The second-order valence-corrected chi connectivity index (χ2v) is 9.65. The standard InChI is InChI=1S/C25H31FN6O/c1-16(2)4-11-21-27-23(30-12-14-31(15-13-30)25(33)18-5-6-18)22-17(3)29-32(24(22)28-21)20-9-7-19(26)8-10-20/h7-10,16,18H,4-6,11-15H2,1-3H3. The van der Waals surface area contributed by atoms with Gasteiger partial charge in [-0.15, -0.1) is 0 Å². The lowest BCUT2D eigenvalue weighted by Gasteiger charge is -2.36. The Morgan fingerprint density at radius 3 is 2.42 bits per heavy atom. The fourth-order valence-electron chi connectivity index (χ4n) is 4.45. The summed E-state index contributed by atoms with van der Waals surface area (Å²) in [5, 5.41) is 5.68. The Morgan fingerprint density at radius 2 is 1.79 bits per heavy atom. The smallest absolute Gasteiger partial charge is 0.225 e. The number of rotatable bonds is 6. The second-order valence-electron chi connectivity index (χ2n) is 9.65. The van der Waals surface area contributed by atoms with Crippen molar-refractivity contribution in [3.8, 4) is 5.69 Å². The van der Waals surface area contributed by atoms with E-state index >= 15 is 0 Å². The highest BCUT2D eigenvalue weighted by Gasteiger charge is 2.35. The molecule has 174 valence electrons. The number of piperazine rings is 1. The molecule has 0 atom stereocenters. The lowest BCUT2D eigenvalue weighted by atomic mass is 10.1. The van der Waals surface area contributed by atoms with E-state index in [9.17, 15) is 9.18 Å². The van der Waals surface area contributed by atoms with Crippen LogP contribution < -0.4 is 4.90 Å². The number of hydrogen-bond acceptors (Lipinski definition) is 5. The highest BCUT2D eigenvalue weighted by molar-refractivity contribution is 5.91. The molecule has 2 aromatic heterocycles. The minimum absolute atomic E-state index is 0.251. The van der Waals surface area contributed by atoms with Crippen molar-refractivity contribution in [3.63, 3.8) is 0 Å². The molecule has 1 saturated heterocycles. The van der Waals surface area contributed by atoms with Gasteiger partial charge in [-0.2, -0.15) is 5.10 Å². The quantitative estimate of drug-likeness (QED) is 0.570. The van der Waals surface area contributed by atoms with Crippen LogP contribution >= 0.6 is 0 Å². The van der Waals surface area contributed by atoms with Gasteiger partial charge >= 0.3 is 0 Å². The molecule has 0 unspecified atom stereocenters. The summed E-state index contributed by atoms with van der Waals surface area (Å²) in [6.45, 7) is 9.28. The van der Waals surface area contributed by atoms with Gasteiger partial charge < -0.3 is 9.80 Å². The van der Waals surface area contributed by atoms with E-state index in [0.29, 0.717) is 24.9 Å². The Labute approximate surface area is 193 Å². The highest BCUT2D eigenvalue weighted by atomic mass is 19.1. The maximum absolute atomic E-state index is 13.5. The van der Waals surface area contributed by atoms with E-state index < -0.39 is 0 Å². The number of aromatic nitrogens is 4. The van der Waals surface area contributed by atoms with Crippen LogP contribution in [0.25, 0.3) is 16.7 Å². The van der Waals surface area contributed by atoms with Gasteiger partial charge in [-0.25, -0.2) is 19.0 Å². The van der Waals surface area contributed by atoms with Crippen LogP contribution in [0.1, 0.15) is 44.6 Å². The van der Waals surface area contributed by atoms with Crippen molar-refractivity contribution < 1.29 is 9.18 Å². The lowest BCUT2D eigenvalue weighted by molar-refractivity contribution is -0.132. The van der Waals surface area contributed by atoms with E-state index in [1.807, 2.05) is 11.8 Å². The number of hydrogen-bond donors (Lipinski definition) is 0. The minimum atomic E-state index is -0.279. The molecular weight excluding hydrogens is 419 g/mol. The average molecular weight is 451 g/mol. The Balaban J connectivity index is 1.52. The second kappa shape index (κ2) is 8.72. The summed E-state index contributed by atoms with van der Waals surface area (Å²) in [5.74, 6) is 2.52. The maximum Gasteiger partial charge on any atom is 0.225 e. The molecule has 3 aromatic rings. The van der Waals surface area contributed by atoms with E-state index in [2.05, 4.69) is 18.7 Å². The highest BCUT2D eigenvalue weighted by Crippen LogP contribution is 2.33. The molecule has 0 radical (unpaired) electrons. The summed E-state index contributed by atoms with van der Waals surface area (Å²) in [6, 6.07) is 6.32. The predicted octanol–water partition coefficient (Wildman–Crippen LogP) is 3.91. The number of aryl methyl sites for hydroxylation is 2. The van der Waals surface area contributed by atoms with Crippen molar-refractivity contribution >= 4 is 22.8 Å². The third-order valence-electron chi connectivity index (χ3n) is 6.56. The van der Waals surface area contributed by atoms with Gasteiger partial charge in [0.15, 0.2) is 5.65 Å². The molecule has 0 N–H and O–H groups in total. The van der Waals surface area contributed by atoms with Gasteiger partial charge in [-0.05, 0) is 56.4 Å². The van der Waals surface area contributed by atoms with Gasteiger partial charge in [-0.1, -0.05) is 13.8 Å². The molecule has 3 heterocycles. The van der Waals surface area contributed by atoms with Crippen molar-refractivity contribution in [2.75, 3.05) is 31.1 Å². The molecule has 1 aliphatic heterocycles. The minimum Gasteiger partial charge on any atom is -0.352 e. The van der Waals surface area contributed by atoms with Gasteiger partial charge in [0.1, 0.15) is 17.5 Å². The fraction of sp³-hybridized carbons (Fsp3) is 0.520. The number of carbonyl (C=O) groups is 1. The van der Waals surface area contributed by atoms with Crippen molar-refractivity contribution in [3.05, 3.63) is 41.6 Å². The van der Waals surface area contributed by atoms with Crippen molar-refractivity contribution in [1.82, 2.24) is 24.6 Å². The zero-order chi connectivity index (χ0) is 23.1. The number of fused-ring (bicyclic) bond motifs is 1. The lowest BCUT2D eigenvalue weighted by Crippen LogP contribution is -2.49. The van der Waals surface area contributed by atoms with E-state index in [0.717, 1.165) is 72.8 Å². The number of amides is 1. The Morgan fingerprint density at radius 1 is 1.09 bits per heavy atom. The van der Waals surface area contributed by atoms with E-state index in [1.54, 1.807) is 16.8 Å². The number of benzene rings is 1. The first kappa shape index (κ1) is 21.8. The largest absolute Gasteiger partial charge is 0.352 e. The molecule has 1 amide bonds. The summed E-state index contributed by atoms with van der Waals surface area (Å²) < 4.78 is 15.3. The van der Waals surface area contributed by atoms with Crippen LogP contribution in [0, 0.1) is 24.6 Å². The number of halogens is 1. The zero-order valence-electron chi connectivity index (χ0n) is 19.6. The van der Waals surface area contributed by atoms with Crippen LogP contribution in [0.5, 0.6) is 0 Å². The zero-order valence-corrected chi connectivity index (χ0v) is 19.6. The third kappa shape index (κ3) is 4.43. The molecular formula is C25H31FN6O. The van der Waals surface area contributed by atoms with Gasteiger partial charge in [-0.3, -0.25) is 4.79 Å². The summed E-state index contributed by atoms with van der Waals surface area (Å²) in [4.78, 5) is 26.7. The van der Waals surface area contributed by atoms with Crippen molar-refractivity contribution in [1.29, 1.82) is 0 Å². The van der Waals surface area contributed by atoms with Gasteiger partial charge in [0, 0.05) is 38.5 Å². The number of nitrogens with zero attached hydrogens (tertiary/aromatic N) is 6. The van der Waals surface area contributed by atoms with Gasteiger partial charge in [0.2, 0.25) is 5.91 Å². The molecule has 2 fully saturated rings. The predicted molar refractivity (Wildman–Crippen MR) is 126 cm³/mol. The van der Waals surface area contributed by atoms with E-state index in [-0.39, 0.29) is 11.7 Å². The van der Waals surface area contributed by atoms with Gasteiger partial charge in [0.25, 0.3) is 0 Å². The first-order valence-corrected chi connectivity index (χ1v) is 12.0. The molecule has 5 rings (SSSR count). The molecule has 1 saturated carbocycles. The van der Waals surface area contributed by atoms with Crippen molar-refractivity contribution in [2.45, 2.75) is 46.5 Å². The molecule has 8 heteroatoms. The number of carbonyl (C=O) groups excluding carboxylic acids is 1. The van der Waals surface area contributed by atoms with Crippen LogP contribution in [0.3, 0.4) is 0 Å². The SMILES string of the molecule is Cc1nn(-c2ccc(F)cc2)c2nc(CCC(C)C)nc(N3CCN(C(=O)C4CC4)CC3)c12. The summed E-state index contributed by atoms with van der Waals surface area (Å²) in [5.41, 5.74) is 2.37. The Bertz CT molecular complexity index is 1160. The fourth-order valence-corrected chi connectivity index (χ4v) is 4.45. The molecule has 0 spiro atoms. The van der Waals surface area contributed by atoms with Gasteiger partial charge in [0.05, 0.1) is 16.8 Å². The van der Waals surface area contributed by atoms with Crippen LogP contribution in [0.2, 0.25) is 0 Å². The summed E-state index contributed by atoms with van der Waals surface area (Å²) in [7, 11) is 0. The van der Waals surface area contributed by atoms with Crippen LogP contribution in [-0.4, -0.2) is 56.7 Å². The molecule has 0 bridgehead atoms. The Kier molecular flexibility index (Phi) is 5.76. The molecule has 1 aromatic carbocycles. The molecule has 1 aliphatic carbocycles. The summed E-state index contributed by atoms with van der Waals surface area (Å²) >= 11 is 0. The van der Waals surface area contributed by atoms with E-state index in [1.165, 1.54) is 12.1 Å². The van der Waals surface area contributed by atoms with Crippen LogP contribution in [0.4, 0.5) is 10.2 Å². The Hall–Kier alpha value is -3.03. The van der Waals surface area contributed by atoms with Crippen molar-refractivity contribution in [2.24, 2.45) is 11.8 Å². The maximum atomic E-state index is 13.5. The van der Waals surface area contributed by atoms with E-state index in [4.69, 9.17) is 15.1 Å². The molecule has 7 nitrogen and oxygen atoms in total. The topological polar surface area (TPSA) is 67.2 Å². The normalized spacial score (nSPS) is 16.8. The monoisotopic (exact) mass is 450 g/mol. The number of anilines is 1. The summed E-state index contributed by atoms with van der Waals surface area (Å²) in [6.07, 6.45) is 3.85. The average Bonchev–Trinajstić information content (AvgIpc) is 3.61. The molecule has 2 aliphatic rings.